The number of H-pyrrole nitrogens is 1. The van der Waals surface area contributed by atoms with Crippen LogP contribution < -0.4 is 4.72 Å². The number of hydrogen-bond acceptors (Lipinski definition) is 3. The second kappa shape index (κ2) is 5.95. The Morgan fingerprint density at radius 1 is 1.60 bits per heavy atom. The van der Waals surface area contributed by atoms with Gasteiger partial charge in [-0.05, 0) is 50.7 Å². The molecule has 5 nitrogen and oxygen atoms in total. The fourth-order valence-corrected chi connectivity index (χ4v) is 2.08. The topological polar surface area (TPSA) is 65.2 Å². The smallest absolute Gasteiger partial charge is 0.215 e. The predicted molar refractivity (Wildman–Crippen MR) is 82.2 cm³/mol. The second-order valence-corrected chi connectivity index (χ2v) is 5.82. The molecule has 0 saturated heterocycles. The van der Waals surface area contributed by atoms with E-state index < -0.39 is 51.1 Å². The molecule has 0 bridgehead atoms. The van der Waals surface area contributed by atoms with Gasteiger partial charge in [0.05, 0.1) is 9.82 Å². The van der Waals surface area contributed by atoms with Crippen LogP contribution in [0.1, 0.15) is 22.1 Å². The highest BCUT2D eigenvalue weighted by molar-refractivity contribution is 7.88. The molecule has 110 valence electrons. The van der Waals surface area contributed by atoms with Gasteiger partial charge < -0.3 is 9.88 Å². The zero-order valence-corrected chi connectivity index (χ0v) is 11.9. The summed E-state index contributed by atoms with van der Waals surface area (Å²) in [7, 11) is -1.96. The number of nitrogens with one attached hydrogen (secondary N) is 2. The zero-order chi connectivity index (χ0) is 23.4. The molecule has 0 spiro atoms. The SMILES string of the molecule is [2H]c1c(C([2H])([2H])S(=O)(=O)N([2H])C([2H])([2H])[2H])c([2H])c2c(CCN(C)C)cn([2H])c2c1[2H]. The third kappa shape index (κ3) is 3.59. The number of benzene rings is 1. The molecule has 0 amide bonds. The Kier molecular flexibility index (Phi) is 1.96. The van der Waals surface area contributed by atoms with Gasteiger partial charge in [0.15, 0.2) is 1.41 Å². The maximum Gasteiger partial charge on any atom is 0.215 e. The second-order valence-electron chi connectivity index (χ2n) is 4.48. The lowest BCUT2D eigenvalue weighted by molar-refractivity contribution is 0.414. The summed E-state index contributed by atoms with van der Waals surface area (Å²) in [5.41, 5.74) is -4.47. The molecule has 1 aromatic carbocycles. The molecule has 20 heavy (non-hydrogen) atoms. The van der Waals surface area contributed by atoms with Crippen molar-refractivity contribution in [1.82, 2.24) is 14.6 Å². The average molecular weight is 305 g/mol. The maximum atomic E-state index is 12.6. The van der Waals surface area contributed by atoms with E-state index in [2.05, 4.69) is 0 Å². The fourth-order valence-electron chi connectivity index (χ4n) is 1.67. The highest BCUT2D eigenvalue weighted by Crippen LogP contribution is 2.21. The van der Waals surface area contributed by atoms with E-state index in [9.17, 15) is 8.42 Å². The third-order valence-electron chi connectivity index (χ3n) is 2.64. The summed E-state index contributed by atoms with van der Waals surface area (Å²) in [4.78, 5) is 2.59. The van der Waals surface area contributed by atoms with E-state index >= 15 is 0 Å². The first-order chi connectivity index (χ1) is 13.5. The van der Waals surface area contributed by atoms with Crippen LogP contribution in [0, 0.1) is 0 Å². The molecule has 0 aliphatic carbocycles. The lowest BCUT2D eigenvalue weighted by atomic mass is 10.1. The van der Waals surface area contributed by atoms with Crippen molar-refractivity contribution in [3.8, 4) is 0 Å². The summed E-state index contributed by atoms with van der Waals surface area (Å²) in [5.74, 6) is 0. The van der Waals surface area contributed by atoms with Gasteiger partial charge in [-0.2, -0.15) is 0 Å². The van der Waals surface area contributed by atoms with Crippen molar-refractivity contribution in [3.63, 3.8) is 0 Å². The van der Waals surface area contributed by atoms with Crippen molar-refractivity contribution >= 4 is 20.9 Å². The van der Waals surface area contributed by atoms with Gasteiger partial charge in [-0.25, -0.2) is 13.1 Å². The molecule has 0 unspecified atom stereocenters. The van der Waals surface area contributed by atoms with Gasteiger partial charge in [-0.1, -0.05) is 6.04 Å². The summed E-state index contributed by atoms with van der Waals surface area (Å²) in [5, 5.41) is -0.0626. The van der Waals surface area contributed by atoms with Crippen LogP contribution in [0.15, 0.2) is 24.3 Å². The number of likely N-dealkylation sites (N-methyl/N-ethyl adjacent to an activating group) is 1. The number of aromatic nitrogens is 1. The number of nitrogens with zero attached hydrogens (tertiary/aromatic N) is 1. The average Bonchev–Trinajstić information content (AvgIpc) is 2.93. The van der Waals surface area contributed by atoms with E-state index in [1.54, 1.807) is 14.1 Å². The maximum absolute atomic E-state index is 12.6. The number of fused-ring (bicyclic) bond motifs is 1. The Bertz CT molecular complexity index is 1080. The van der Waals surface area contributed by atoms with E-state index in [0.717, 1.165) is 4.98 Å². The Labute approximate surface area is 134 Å². The quantitative estimate of drug-likeness (QED) is 0.846. The lowest BCUT2D eigenvalue weighted by Gasteiger charge is -2.08. The van der Waals surface area contributed by atoms with E-state index in [4.69, 9.17) is 13.8 Å². The van der Waals surface area contributed by atoms with Crippen LogP contribution in [0.2, 0.25) is 2.82 Å². The first-order valence-corrected chi connectivity index (χ1v) is 7.22. The van der Waals surface area contributed by atoms with Crippen molar-refractivity contribution in [2.45, 2.75) is 12.1 Å². The standard InChI is InChI=1S/C14H21N3O2S/c1-15-20(18,19)10-11-4-5-14-13(8-11)12(9-16-14)6-7-17(2)3/h4-5,8-9,15-16H,6-7,10H2,1-3H3/i1D3,4D,5D,8D,10D2/hD2. The Balaban J connectivity index is 2.86. The number of rotatable bonds is 6. The molecule has 1 heterocycles. The molecular formula is C14H21N3O2S. The molecule has 1 aromatic heterocycles. The molecule has 0 radical (unpaired) electrons. The van der Waals surface area contributed by atoms with Crippen LogP contribution in [0.25, 0.3) is 10.9 Å². The molecule has 0 atom stereocenters. The normalized spacial score (nSPS) is 21.2. The first-order valence-electron chi connectivity index (χ1n) is 10.7. The molecule has 2 aromatic rings. The number of aromatic amines is 1. The van der Waals surface area contributed by atoms with Crippen molar-refractivity contribution in [2.75, 3.05) is 27.6 Å². The largest absolute Gasteiger partial charge is 0.361 e. The minimum absolute atomic E-state index is 0.0626. The van der Waals surface area contributed by atoms with Crippen LogP contribution in [0.3, 0.4) is 0 Å². The minimum atomic E-state index is -5.53. The summed E-state index contributed by atoms with van der Waals surface area (Å²) >= 11 is 0. The van der Waals surface area contributed by atoms with Gasteiger partial charge in [0.1, 0.15) is 1.41 Å². The Morgan fingerprint density at radius 3 is 3.10 bits per heavy atom. The van der Waals surface area contributed by atoms with Gasteiger partial charge in [-0.3, -0.25) is 0 Å². The van der Waals surface area contributed by atoms with Crippen molar-refractivity contribution in [3.05, 3.63) is 35.5 Å². The summed E-state index contributed by atoms with van der Waals surface area (Å²) in [6.45, 7) is -3.03. The molecular weight excluding hydrogens is 274 g/mol. The van der Waals surface area contributed by atoms with Crippen LogP contribution in [-0.4, -0.2) is 45.9 Å². The van der Waals surface area contributed by atoms with E-state index in [1.165, 1.54) is 6.20 Å². The number of sulfonamides is 1. The van der Waals surface area contributed by atoms with Crippen molar-refractivity contribution in [2.24, 2.45) is 0 Å². The van der Waals surface area contributed by atoms with Gasteiger partial charge in [-0.15, -0.1) is 0 Å². The molecule has 0 aliphatic rings. The van der Waals surface area contributed by atoms with Gasteiger partial charge in [0.25, 0.3) is 0 Å². The third-order valence-corrected chi connectivity index (χ3v) is 3.35. The first kappa shape index (κ1) is 6.60. The Hall–Kier alpha value is -1.37. The molecule has 0 aliphatic heterocycles. The van der Waals surface area contributed by atoms with Crippen LogP contribution >= 0.6 is 0 Å². The lowest BCUT2D eigenvalue weighted by Crippen LogP contribution is -2.20. The molecule has 0 saturated carbocycles. The highest BCUT2D eigenvalue weighted by Gasteiger charge is 2.11. The van der Waals surface area contributed by atoms with Crippen LogP contribution in [0.5, 0.6) is 0 Å². The summed E-state index contributed by atoms with van der Waals surface area (Å²) < 4.78 is 102. The van der Waals surface area contributed by atoms with Crippen LogP contribution in [-0.2, 0) is 22.1 Å². The Morgan fingerprint density at radius 2 is 2.40 bits per heavy atom. The minimum Gasteiger partial charge on any atom is -0.361 e. The molecule has 6 heteroatoms. The van der Waals surface area contributed by atoms with Crippen LogP contribution in [0.4, 0.5) is 0 Å². The van der Waals surface area contributed by atoms with Crippen molar-refractivity contribution < 1.29 is 22.2 Å². The monoisotopic (exact) mass is 305 g/mol. The van der Waals surface area contributed by atoms with Crippen molar-refractivity contribution in [1.29, 1.82) is 0 Å². The molecule has 2 rings (SSSR count). The predicted octanol–water partition coefficient (Wildman–Crippen LogP) is 1.32. The summed E-state index contributed by atoms with van der Waals surface area (Å²) in [6.07, 6.45) is 1.60. The number of hydrogen-bond donors (Lipinski definition) is 2. The van der Waals surface area contributed by atoms with E-state index in [1.807, 2.05) is 4.90 Å². The van der Waals surface area contributed by atoms with Gasteiger partial charge in [0.2, 0.25) is 10.0 Å². The summed E-state index contributed by atoms with van der Waals surface area (Å²) in [6, 6.07) is -2.38. The zero-order valence-electron chi connectivity index (χ0n) is 21.1. The van der Waals surface area contributed by atoms with Gasteiger partial charge >= 0.3 is 0 Å². The van der Waals surface area contributed by atoms with E-state index in [0.29, 0.717) is 18.5 Å². The molecule has 0 fully saturated rings. The van der Waals surface area contributed by atoms with E-state index in [-0.39, 0.29) is 10.9 Å². The highest BCUT2D eigenvalue weighted by atomic mass is 32.2. The fraction of sp³-hybridized carbons (Fsp3) is 0.429. The van der Waals surface area contributed by atoms with Gasteiger partial charge in [0, 0.05) is 30.5 Å². The molecule has 2 N–H and O–H groups in total.